The molecule has 0 fully saturated rings. The van der Waals surface area contributed by atoms with Crippen LogP contribution in [0.15, 0.2) is 22.7 Å². The summed E-state index contributed by atoms with van der Waals surface area (Å²) in [5, 5.41) is 15.9. The van der Waals surface area contributed by atoms with Crippen molar-refractivity contribution in [2.24, 2.45) is 0 Å². The molecule has 0 aliphatic rings. The molecular weight excluding hydrogens is 246 g/mol. The van der Waals surface area contributed by atoms with Crippen LogP contribution < -0.4 is 5.32 Å². The van der Waals surface area contributed by atoms with Gasteiger partial charge in [0.15, 0.2) is 5.82 Å². The van der Waals surface area contributed by atoms with Crippen LogP contribution in [0.25, 0.3) is 0 Å². The van der Waals surface area contributed by atoms with Crippen LogP contribution in [-0.4, -0.2) is 27.8 Å². The zero-order valence-corrected chi connectivity index (χ0v) is 10.8. The van der Waals surface area contributed by atoms with Gasteiger partial charge in [-0.25, -0.2) is 4.79 Å². The molecular formula is C13H15N3O3. The molecule has 6 heteroatoms. The van der Waals surface area contributed by atoms with E-state index in [-0.39, 0.29) is 5.56 Å². The number of hydrogen-bond acceptors (Lipinski definition) is 5. The van der Waals surface area contributed by atoms with Gasteiger partial charge in [-0.2, -0.15) is 4.98 Å². The van der Waals surface area contributed by atoms with E-state index in [0.717, 1.165) is 5.56 Å². The number of nitrogens with one attached hydrogen (secondary N) is 1. The van der Waals surface area contributed by atoms with Crippen LogP contribution >= 0.6 is 0 Å². The van der Waals surface area contributed by atoms with Crippen molar-refractivity contribution < 1.29 is 14.4 Å². The third-order valence-electron chi connectivity index (χ3n) is 2.63. The Morgan fingerprint density at radius 1 is 1.42 bits per heavy atom. The maximum Gasteiger partial charge on any atom is 0.337 e. The Morgan fingerprint density at radius 3 is 2.84 bits per heavy atom. The number of anilines is 1. The van der Waals surface area contributed by atoms with Crippen molar-refractivity contribution >= 4 is 11.7 Å². The number of carboxylic acids is 1. The van der Waals surface area contributed by atoms with Crippen molar-refractivity contribution in [1.29, 1.82) is 0 Å². The van der Waals surface area contributed by atoms with E-state index in [1.807, 2.05) is 13.0 Å². The fourth-order valence-corrected chi connectivity index (χ4v) is 1.74. The molecule has 0 atom stereocenters. The minimum Gasteiger partial charge on any atom is -0.478 e. The lowest BCUT2D eigenvalue weighted by Gasteiger charge is -2.09. The number of nitrogens with zero attached hydrogens (tertiary/aromatic N) is 2. The van der Waals surface area contributed by atoms with Crippen molar-refractivity contribution in [1.82, 2.24) is 10.1 Å². The molecule has 0 unspecified atom stereocenters. The molecule has 0 saturated heterocycles. The molecule has 0 spiro atoms. The van der Waals surface area contributed by atoms with E-state index in [4.69, 9.17) is 9.63 Å². The lowest BCUT2D eigenvalue weighted by molar-refractivity contribution is 0.0698. The average molecular weight is 261 g/mol. The number of rotatable bonds is 5. The Kier molecular flexibility index (Phi) is 3.79. The Morgan fingerprint density at radius 2 is 2.21 bits per heavy atom. The fraction of sp³-hybridized carbons (Fsp3) is 0.308. The number of benzene rings is 1. The first kappa shape index (κ1) is 13.1. The molecule has 0 aliphatic heterocycles. The summed E-state index contributed by atoms with van der Waals surface area (Å²) in [6, 6.07) is 5.18. The summed E-state index contributed by atoms with van der Waals surface area (Å²) in [6.45, 7) is 4.20. The Hall–Kier alpha value is -2.37. The highest BCUT2D eigenvalue weighted by molar-refractivity contribution is 5.94. The number of carbonyl (C=O) groups is 1. The number of carboxylic acid groups (broad SMARTS) is 1. The molecule has 0 radical (unpaired) electrons. The van der Waals surface area contributed by atoms with Crippen LogP contribution in [0.1, 0.15) is 27.6 Å². The Balaban J connectivity index is 2.02. The van der Waals surface area contributed by atoms with E-state index >= 15 is 0 Å². The minimum absolute atomic E-state index is 0.257. The average Bonchev–Trinajstić information content (AvgIpc) is 2.75. The van der Waals surface area contributed by atoms with Gasteiger partial charge in [-0.3, -0.25) is 0 Å². The SMILES string of the molecule is Cc1ccc(C(=O)O)c(NCCc2nc(C)no2)c1. The molecule has 100 valence electrons. The first-order valence-electron chi connectivity index (χ1n) is 5.93. The lowest BCUT2D eigenvalue weighted by atomic mass is 10.1. The second kappa shape index (κ2) is 5.51. The van der Waals surface area contributed by atoms with Crippen molar-refractivity contribution in [3.05, 3.63) is 41.0 Å². The van der Waals surface area contributed by atoms with Crippen LogP contribution in [0, 0.1) is 13.8 Å². The second-order valence-corrected chi connectivity index (χ2v) is 4.27. The molecule has 2 N–H and O–H groups in total. The molecule has 6 nitrogen and oxygen atoms in total. The summed E-state index contributed by atoms with van der Waals surface area (Å²) in [6.07, 6.45) is 0.549. The summed E-state index contributed by atoms with van der Waals surface area (Å²) in [5.74, 6) is 0.183. The molecule has 2 rings (SSSR count). The predicted molar refractivity (Wildman–Crippen MR) is 69.4 cm³/mol. The van der Waals surface area contributed by atoms with Gasteiger partial charge < -0.3 is 14.9 Å². The summed E-state index contributed by atoms with van der Waals surface area (Å²) in [7, 11) is 0. The summed E-state index contributed by atoms with van der Waals surface area (Å²) in [4.78, 5) is 15.2. The van der Waals surface area contributed by atoms with E-state index in [1.54, 1.807) is 19.1 Å². The lowest BCUT2D eigenvalue weighted by Crippen LogP contribution is -2.10. The second-order valence-electron chi connectivity index (χ2n) is 4.27. The summed E-state index contributed by atoms with van der Waals surface area (Å²) >= 11 is 0. The van der Waals surface area contributed by atoms with Crippen molar-refractivity contribution in [3.8, 4) is 0 Å². The standard InChI is InChI=1S/C13H15N3O3/c1-8-3-4-10(13(17)18)11(7-8)14-6-5-12-15-9(2)16-19-12/h3-4,7,14H,5-6H2,1-2H3,(H,17,18). The van der Waals surface area contributed by atoms with Gasteiger partial charge in [0.05, 0.1) is 5.56 Å². The maximum atomic E-state index is 11.1. The van der Waals surface area contributed by atoms with Crippen molar-refractivity contribution in [2.75, 3.05) is 11.9 Å². The van der Waals surface area contributed by atoms with E-state index in [9.17, 15) is 4.79 Å². The van der Waals surface area contributed by atoms with Gasteiger partial charge >= 0.3 is 5.97 Å². The third-order valence-corrected chi connectivity index (χ3v) is 2.63. The molecule has 0 saturated carbocycles. The molecule has 0 amide bonds. The third kappa shape index (κ3) is 3.31. The number of hydrogen-bond donors (Lipinski definition) is 2. The first-order chi connectivity index (χ1) is 9.06. The van der Waals surface area contributed by atoms with Gasteiger partial charge in [-0.05, 0) is 31.5 Å². The molecule has 0 bridgehead atoms. The number of aromatic carboxylic acids is 1. The zero-order chi connectivity index (χ0) is 13.8. The number of aryl methyl sites for hydroxylation is 2. The Bertz CT molecular complexity index is 593. The summed E-state index contributed by atoms with van der Waals surface area (Å²) in [5.41, 5.74) is 1.86. The van der Waals surface area contributed by atoms with Gasteiger partial charge in [0.25, 0.3) is 0 Å². The highest BCUT2D eigenvalue weighted by Crippen LogP contribution is 2.17. The zero-order valence-electron chi connectivity index (χ0n) is 10.8. The molecule has 1 aromatic heterocycles. The predicted octanol–water partition coefficient (Wildman–Crippen LogP) is 2.04. The normalized spacial score (nSPS) is 10.4. The summed E-state index contributed by atoms with van der Waals surface area (Å²) < 4.78 is 4.99. The van der Waals surface area contributed by atoms with Gasteiger partial charge in [-0.15, -0.1) is 0 Å². The maximum absolute atomic E-state index is 11.1. The first-order valence-corrected chi connectivity index (χ1v) is 5.93. The van der Waals surface area contributed by atoms with Gasteiger partial charge in [0, 0.05) is 18.7 Å². The van der Waals surface area contributed by atoms with E-state index in [0.29, 0.717) is 30.4 Å². The van der Waals surface area contributed by atoms with E-state index in [2.05, 4.69) is 15.5 Å². The van der Waals surface area contributed by atoms with Crippen molar-refractivity contribution in [3.63, 3.8) is 0 Å². The highest BCUT2D eigenvalue weighted by Gasteiger charge is 2.10. The smallest absolute Gasteiger partial charge is 0.337 e. The van der Waals surface area contributed by atoms with Crippen LogP contribution in [0.3, 0.4) is 0 Å². The van der Waals surface area contributed by atoms with Crippen LogP contribution in [-0.2, 0) is 6.42 Å². The largest absolute Gasteiger partial charge is 0.478 e. The molecule has 19 heavy (non-hydrogen) atoms. The highest BCUT2D eigenvalue weighted by atomic mass is 16.5. The van der Waals surface area contributed by atoms with E-state index < -0.39 is 5.97 Å². The van der Waals surface area contributed by atoms with Crippen LogP contribution in [0.5, 0.6) is 0 Å². The minimum atomic E-state index is -0.948. The van der Waals surface area contributed by atoms with E-state index in [1.165, 1.54) is 0 Å². The van der Waals surface area contributed by atoms with Crippen molar-refractivity contribution in [2.45, 2.75) is 20.3 Å². The quantitative estimate of drug-likeness (QED) is 0.856. The van der Waals surface area contributed by atoms with Crippen LogP contribution in [0.4, 0.5) is 5.69 Å². The topological polar surface area (TPSA) is 88.2 Å². The number of aromatic nitrogens is 2. The Labute approximate surface area is 110 Å². The molecule has 2 aromatic rings. The van der Waals surface area contributed by atoms with Gasteiger partial charge in [0.1, 0.15) is 0 Å². The van der Waals surface area contributed by atoms with Gasteiger partial charge in [-0.1, -0.05) is 11.2 Å². The van der Waals surface area contributed by atoms with Crippen LogP contribution in [0.2, 0.25) is 0 Å². The monoisotopic (exact) mass is 261 g/mol. The van der Waals surface area contributed by atoms with Gasteiger partial charge in [0.2, 0.25) is 5.89 Å². The fourth-order valence-electron chi connectivity index (χ4n) is 1.74. The molecule has 1 aromatic carbocycles. The molecule has 1 heterocycles. The molecule has 0 aliphatic carbocycles.